The first-order chi connectivity index (χ1) is 15.0. The van der Waals surface area contributed by atoms with Gasteiger partial charge in [-0.2, -0.15) is 0 Å². The van der Waals surface area contributed by atoms with E-state index in [1.165, 1.54) is 34.9 Å². The number of carbonyl (C=O) groups excluding carboxylic acids is 2. The number of hydrogen-bond donors (Lipinski definition) is 2. The van der Waals surface area contributed by atoms with Crippen LogP contribution in [0.4, 0.5) is 0 Å². The lowest BCUT2D eigenvalue weighted by Gasteiger charge is -2.05. The van der Waals surface area contributed by atoms with Gasteiger partial charge < -0.3 is 10.6 Å². The lowest BCUT2D eigenvalue weighted by atomic mass is 10.2. The van der Waals surface area contributed by atoms with Gasteiger partial charge in [0.1, 0.15) is 0 Å². The first-order valence-corrected chi connectivity index (χ1v) is 12.6. The van der Waals surface area contributed by atoms with Crippen LogP contribution >= 0.6 is 58.1 Å². The summed E-state index contributed by atoms with van der Waals surface area (Å²) in [5, 5.41) is 15.1. The minimum Gasteiger partial charge on any atom is -0.351 e. The summed E-state index contributed by atoms with van der Waals surface area (Å²) in [6, 6.07) is 14.7. The molecule has 3 rings (SSSR count). The predicted molar refractivity (Wildman–Crippen MR) is 128 cm³/mol. The molecular weight excluding hydrogens is 495 g/mol. The van der Waals surface area contributed by atoms with Crippen LogP contribution in [0.5, 0.6) is 0 Å². The number of amides is 2. The van der Waals surface area contributed by atoms with Crippen LogP contribution in [-0.2, 0) is 22.7 Å². The summed E-state index contributed by atoms with van der Waals surface area (Å²) in [5.41, 5.74) is 1.88. The fourth-order valence-corrected chi connectivity index (χ4v) is 5.47. The summed E-state index contributed by atoms with van der Waals surface area (Å²) in [6.07, 6.45) is 0. The molecule has 0 fully saturated rings. The molecular formula is C20H18Cl2N4O2S3. The van der Waals surface area contributed by atoms with Gasteiger partial charge in [-0.25, -0.2) is 0 Å². The highest BCUT2D eigenvalue weighted by atomic mass is 35.5. The number of benzene rings is 2. The van der Waals surface area contributed by atoms with Gasteiger partial charge in [0, 0.05) is 23.1 Å². The molecule has 162 valence electrons. The molecule has 31 heavy (non-hydrogen) atoms. The molecule has 2 N–H and O–H groups in total. The van der Waals surface area contributed by atoms with Gasteiger partial charge in [0.05, 0.1) is 11.5 Å². The first-order valence-electron chi connectivity index (χ1n) is 9.09. The molecule has 2 amide bonds. The van der Waals surface area contributed by atoms with E-state index in [1.807, 2.05) is 36.4 Å². The molecule has 0 unspecified atom stereocenters. The van der Waals surface area contributed by atoms with Crippen molar-refractivity contribution in [2.75, 3.05) is 11.5 Å². The molecule has 0 saturated heterocycles. The lowest BCUT2D eigenvalue weighted by Crippen LogP contribution is -2.24. The topological polar surface area (TPSA) is 84.0 Å². The average Bonchev–Trinajstić information content (AvgIpc) is 3.21. The molecule has 0 atom stereocenters. The van der Waals surface area contributed by atoms with Crippen LogP contribution in [0.25, 0.3) is 0 Å². The highest BCUT2D eigenvalue weighted by molar-refractivity contribution is 8.03. The number of aromatic nitrogens is 2. The molecule has 6 nitrogen and oxygen atoms in total. The van der Waals surface area contributed by atoms with Crippen molar-refractivity contribution < 1.29 is 9.59 Å². The molecule has 1 heterocycles. The molecule has 0 radical (unpaired) electrons. The summed E-state index contributed by atoms with van der Waals surface area (Å²) in [4.78, 5) is 24.1. The zero-order valence-corrected chi connectivity index (χ0v) is 20.1. The monoisotopic (exact) mass is 512 g/mol. The van der Waals surface area contributed by atoms with Gasteiger partial charge in [0.2, 0.25) is 11.8 Å². The zero-order chi connectivity index (χ0) is 22.1. The van der Waals surface area contributed by atoms with E-state index in [-0.39, 0.29) is 23.3 Å². The van der Waals surface area contributed by atoms with Crippen LogP contribution in [0.1, 0.15) is 11.1 Å². The molecule has 2 aromatic carbocycles. The van der Waals surface area contributed by atoms with E-state index >= 15 is 0 Å². The van der Waals surface area contributed by atoms with Crippen molar-refractivity contribution in [2.24, 2.45) is 0 Å². The van der Waals surface area contributed by atoms with Gasteiger partial charge in [0.15, 0.2) is 8.68 Å². The SMILES string of the molecule is O=C(CSc1nnc(SCC(=O)NCc2cccc(Cl)c2)s1)NCc1cccc(Cl)c1. The van der Waals surface area contributed by atoms with Gasteiger partial charge in [-0.3, -0.25) is 9.59 Å². The third-order valence-corrected chi connectivity index (χ3v) is 7.46. The second kappa shape index (κ2) is 12.3. The molecule has 0 aliphatic carbocycles. The summed E-state index contributed by atoms with van der Waals surface area (Å²) in [7, 11) is 0. The lowest BCUT2D eigenvalue weighted by molar-refractivity contribution is -0.119. The smallest absolute Gasteiger partial charge is 0.230 e. The number of rotatable bonds is 10. The van der Waals surface area contributed by atoms with Gasteiger partial charge in [-0.1, -0.05) is 82.3 Å². The van der Waals surface area contributed by atoms with Crippen LogP contribution in [0.3, 0.4) is 0 Å². The molecule has 0 bridgehead atoms. The Hall–Kier alpha value is -1.78. The number of hydrogen-bond acceptors (Lipinski definition) is 7. The standard InChI is InChI=1S/C20H18Cl2N4O2S3/c21-15-5-1-3-13(7-15)9-23-17(27)11-29-19-25-26-20(31-19)30-12-18(28)24-10-14-4-2-6-16(22)8-14/h1-8H,9-12H2,(H,23,27)(H,24,28). The van der Waals surface area contributed by atoms with Crippen molar-refractivity contribution in [1.29, 1.82) is 0 Å². The van der Waals surface area contributed by atoms with Crippen LogP contribution in [0, 0.1) is 0 Å². The van der Waals surface area contributed by atoms with Crippen molar-refractivity contribution in [2.45, 2.75) is 21.8 Å². The third kappa shape index (κ3) is 8.70. The number of nitrogens with one attached hydrogen (secondary N) is 2. The second-order valence-electron chi connectivity index (χ2n) is 6.22. The van der Waals surface area contributed by atoms with E-state index < -0.39 is 0 Å². The maximum absolute atomic E-state index is 12.0. The summed E-state index contributed by atoms with van der Waals surface area (Å²) < 4.78 is 1.36. The molecule has 0 spiro atoms. The number of nitrogens with zero attached hydrogens (tertiary/aromatic N) is 2. The first kappa shape index (κ1) is 23.9. The summed E-state index contributed by atoms with van der Waals surface area (Å²) >= 11 is 15.9. The number of thioether (sulfide) groups is 2. The molecule has 0 aliphatic heterocycles. The van der Waals surface area contributed by atoms with E-state index in [0.717, 1.165) is 11.1 Å². The molecule has 0 saturated carbocycles. The van der Waals surface area contributed by atoms with Crippen LogP contribution in [0.2, 0.25) is 10.0 Å². The van der Waals surface area contributed by atoms with Crippen molar-refractivity contribution in [3.05, 3.63) is 69.7 Å². The highest BCUT2D eigenvalue weighted by Crippen LogP contribution is 2.28. The van der Waals surface area contributed by atoms with Gasteiger partial charge in [-0.05, 0) is 35.4 Å². The van der Waals surface area contributed by atoms with E-state index in [9.17, 15) is 9.59 Å². The van der Waals surface area contributed by atoms with Crippen molar-refractivity contribution in [3.8, 4) is 0 Å². The Kier molecular flexibility index (Phi) is 9.48. The van der Waals surface area contributed by atoms with Gasteiger partial charge >= 0.3 is 0 Å². The van der Waals surface area contributed by atoms with Gasteiger partial charge in [-0.15, -0.1) is 10.2 Å². The van der Waals surface area contributed by atoms with E-state index in [0.29, 0.717) is 31.8 Å². The molecule has 1 aromatic heterocycles. The fourth-order valence-electron chi connectivity index (χ4n) is 2.37. The Morgan fingerprint density at radius 1 is 0.806 bits per heavy atom. The van der Waals surface area contributed by atoms with Crippen LogP contribution in [-0.4, -0.2) is 33.5 Å². The summed E-state index contributed by atoms with van der Waals surface area (Å²) in [5.74, 6) is 0.268. The molecule has 0 aliphatic rings. The Bertz CT molecular complexity index is 969. The fraction of sp³-hybridized carbons (Fsp3) is 0.200. The maximum Gasteiger partial charge on any atom is 0.230 e. The quantitative estimate of drug-likeness (QED) is 0.384. The average molecular weight is 513 g/mol. The Balaban J connectivity index is 1.34. The van der Waals surface area contributed by atoms with Crippen molar-refractivity contribution in [3.63, 3.8) is 0 Å². The Morgan fingerprint density at radius 2 is 1.26 bits per heavy atom. The van der Waals surface area contributed by atoms with E-state index in [1.54, 1.807) is 12.1 Å². The largest absolute Gasteiger partial charge is 0.351 e. The normalized spacial score (nSPS) is 10.6. The van der Waals surface area contributed by atoms with E-state index in [2.05, 4.69) is 20.8 Å². The zero-order valence-electron chi connectivity index (χ0n) is 16.1. The minimum atomic E-state index is -0.102. The molecule has 3 aromatic rings. The molecule has 11 heteroatoms. The van der Waals surface area contributed by atoms with Crippen molar-refractivity contribution >= 4 is 69.9 Å². The van der Waals surface area contributed by atoms with Crippen LogP contribution < -0.4 is 10.6 Å². The second-order valence-corrected chi connectivity index (χ2v) is 10.5. The predicted octanol–water partition coefficient (Wildman–Crippen LogP) is 4.66. The third-order valence-electron chi connectivity index (χ3n) is 3.80. The van der Waals surface area contributed by atoms with Crippen LogP contribution in [0.15, 0.2) is 57.2 Å². The van der Waals surface area contributed by atoms with Crippen molar-refractivity contribution in [1.82, 2.24) is 20.8 Å². The minimum absolute atomic E-state index is 0.102. The highest BCUT2D eigenvalue weighted by Gasteiger charge is 2.11. The summed E-state index contributed by atoms with van der Waals surface area (Å²) in [6.45, 7) is 0.836. The number of halogens is 2. The number of carbonyl (C=O) groups is 2. The Morgan fingerprint density at radius 3 is 1.68 bits per heavy atom. The maximum atomic E-state index is 12.0. The van der Waals surface area contributed by atoms with E-state index in [4.69, 9.17) is 23.2 Å². The van der Waals surface area contributed by atoms with Gasteiger partial charge in [0.25, 0.3) is 0 Å². The Labute approximate surface area is 202 Å².